The smallest absolute Gasteiger partial charge is 0.0723 e. The highest BCUT2D eigenvalue weighted by atomic mass is 35.5. The van der Waals surface area contributed by atoms with Crippen LogP contribution in [0.1, 0.15) is 0 Å². The Morgan fingerprint density at radius 1 is 1.25 bits per heavy atom. The molecule has 0 aliphatic carbocycles. The molecule has 0 saturated carbocycles. The molecule has 12 heavy (non-hydrogen) atoms. The van der Waals surface area contributed by atoms with Crippen LogP contribution in [0.4, 0.5) is 5.69 Å². The second kappa shape index (κ2) is 2.64. The number of pyridine rings is 1. The highest BCUT2D eigenvalue weighted by molar-refractivity contribution is 6.31. The summed E-state index contributed by atoms with van der Waals surface area (Å²) in [5, 5.41) is 1.59. The van der Waals surface area contributed by atoms with Crippen molar-refractivity contribution in [2.45, 2.75) is 0 Å². The number of nitrogens with zero attached hydrogens (tertiary/aromatic N) is 1. The van der Waals surface area contributed by atoms with Crippen LogP contribution >= 0.6 is 11.6 Å². The number of nitrogen functional groups attached to an aromatic ring is 1. The van der Waals surface area contributed by atoms with E-state index in [2.05, 4.69) is 4.98 Å². The largest absolute Gasteiger partial charge is 0.398 e. The number of hydrogen-bond donors (Lipinski definition) is 1. The van der Waals surface area contributed by atoms with Crippen LogP contribution in [0.15, 0.2) is 30.5 Å². The number of fused-ring (bicyclic) bond motifs is 1. The molecule has 3 heteroatoms. The molecular weight excluding hydrogens is 172 g/mol. The maximum absolute atomic E-state index is 5.81. The van der Waals surface area contributed by atoms with Gasteiger partial charge >= 0.3 is 0 Å². The first-order valence-corrected chi connectivity index (χ1v) is 3.95. The summed E-state index contributed by atoms with van der Waals surface area (Å²) < 4.78 is 0. The quantitative estimate of drug-likeness (QED) is 0.673. The van der Waals surface area contributed by atoms with Gasteiger partial charge in [-0.25, -0.2) is 0 Å². The van der Waals surface area contributed by atoms with E-state index in [1.54, 1.807) is 18.3 Å². The minimum absolute atomic E-state index is 0.683. The monoisotopic (exact) mass is 178 g/mol. The van der Waals surface area contributed by atoms with Gasteiger partial charge in [0.05, 0.1) is 5.52 Å². The molecule has 2 rings (SSSR count). The molecule has 0 unspecified atom stereocenters. The first kappa shape index (κ1) is 7.37. The van der Waals surface area contributed by atoms with Crippen molar-refractivity contribution in [2.75, 3.05) is 5.73 Å². The Morgan fingerprint density at radius 2 is 2.08 bits per heavy atom. The summed E-state index contributed by atoms with van der Waals surface area (Å²) in [5.74, 6) is 0. The maximum Gasteiger partial charge on any atom is 0.0723 e. The van der Waals surface area contributed by atoms with Crippen molar-refractivity contribution in [2.24, 2.45) is 0 Å². The van der Waals surface area contributed by atoms with Crippen molar-refractivity contribution in [3.8, 4) is 0 Å². The van der Waals surface area contributed by atoms with Gasteiger partial charge in [0.15, 0.2) is 0 Å². The van der Waals surface area contributed by atoms with Gasteiger partial charge in [0.25, 0.3) is 0 Å². The van der Waals surface area contributed by atoms with Gasteiger partial charge in [0, 0.05) is 22.3 Å². The van der Waals surface area contributed by atoms with Gasteiger partial charge in [-0.15, -0.1) is 0 Å². The molecule has 2 nitrogen and oxygen atoms in total. The van der Waals surface area contributed by atoms with E-state index in [1.165, 1.54) is 0 Å². The Morgan fingerprint density at radius 3 is 2.92 bits per heavy atom. The fraction of sp³-hybridized carbons (Fsp3) is 0. The number of anilines is 1. The Hall–Kier alpha value is -1.28. The van der Waals surface area contributed by atoms with Gasteiger partial charge in [0.1, 0.15) is 0 Å². The molecular formula is C9H7ClN2. The van der Waals surface area contributed by atoms with E-state index in [9.17, 15) is 0 Å². The fourth-order valence-corrected chi connectivity index (χ4v) is 1.31. The molecule has 1 aromatic carbocycles. The third kappa shape index (κ3) is 1.10. The third-order valence-electron chi connectivity index (χ3n) is 1.74. The van der Waals surface area contributed by atoms with E-state index in [0.29, 0.717) is 10.7 Å². The topological polar surface area (TPSA) is 38.9 Å². The fourth-order valence-electron chi connectivity index (χ4n) is 1.14. The molecule has 0 aliphatic rings. The second-order valence-electron chi connectivity index (χ2n) is 2.56. The van der Waals surface area contributed by atoms with Crippen LogP contribution in [0.25, 0.3) is 10.9 Å². The highest BCUT2D eigenvalue weighted by Crippen LogP contribution is 2.21. The third-order valence-corrected chi connectivity index (χ3v) is 1.97. The van der Waals surface area contributed by atoms with Crippen LogP contribution < -0.4 is 5.73 Å². The van der Waals surface area contributed by atoms with Gasteiger partial charge in [-0.05, 0) is 24.3 Å². The Kier molecular flexibility index (Phi) is 1.62. The van der Waals surface area contributed by atoms with E-state index < -0.39 is 0 Å². The molecule has 2 N–H and O–H groups in total. The zero-order valence-electron chi connectivity index (χ0n) is 6.29. The van der Waals surface area contributed by atoms with Crippen LogP contribution in [-0.2, 0) is 0 Å². The Labute approximate surface area is 75.0 Å². The van der Waals surface area contributed by atoms with Crippen molar-refractivity contribution in [3.05, 3.63) is 35.5 Å². The summed E-state index contributed by atoms with van der Waals surface area (Å²) in [6, 6.07) is 7.24. The summed E-state index contributed by atoms with van der Waals surface area (Å²) in [6.07, 6.45) is 1.69. The van der Waals surface area contributed by atoms with E-state index in [-0.39, 0.29) is 0 Å². The molecule has 0 atom stereocenters. The standard InChI is InChI=1S/C9H7ClN2/c10-6-1-2-9-7(5-6)8(11)3-4-12-9/h1-5H,(H2,11,12). The van der Waals surface area contributed by atoms with Crippen LogP contribution in [0.2, 0.25) is 5.02 Å². The predicted molar refractivity (Wildman–Crippen MR) is 51.2 cm³/mol. The summed E-state index contributed by atoms with van der Waals surface area (Å²) >= 11 is 5.81. The molecule has 60 valence electrons. The molecule has 0 bridgehead atoms. The minimum atomic E-state index is 0.683. The zero-order chi connectivity index (χ0) is 8.55. The van der Waals surface area contributed by atoms with E-state index in [4.69, 9.17) is 17.3 Å². The van der Waals surface area contributed by atoms with Gasteiger partial charge in [-0.2, -0.15) is 0 Å². The number of halogens is 1. The molecule has 2 aromatic rings. The van der Waals surface area contributed by atoms with Crippen LogP contribution in [0.3, 0.4) is 0 Å². The molecule has 1 aromatic heterocycles. The van der Waals surface area contributed by atoms with Gasteiger partial charge in [-0.3, -0.25) is 4.98 Å². The van der Waals surface area contributed by atoms with E-state index >= 15 is 0 Å². The molecule has 0 radical (unpaired) electrons. The normalized spacial score (nSPS) is 10.4. The SMILES string of the molecule is Nc1ccnc2ccc(Cl)cc12. The molecule has 0 saturated heterocycles. The first-order valence-electron chi connectivity index (χ1n) is 3.57. The van der Waals surface area contributed by atoms with Gasteiger partial charge in [0.2, 0.25) is 0 Å². The zero-order valence-corrected chi connectivity index (χ0v) is 7.05. The van der Waals surface area contributed by atoms with Gasteiger partial charge < -0.3 is 5.73 Å². The Balaban J connectivity index is 2.88. The van der Waals surface area contributed by atoms with Crippen LogP contribution in [0, 0.1) is 0 Å². The molecule has 0 spiro atoms. The number of nitrogens with two attached hydrogens (primary N) is 1. The van der Waals surface area contributed by atoms with E-state index in [0.717, 1.165) is 10.9 Å². The lowest BCUT2D eigenvalue weighted by Gasteiger charge is -1.99. The Bertz CT molecular complexity index is 426. The van der Waals surface area contributed by atoms with E-state index in [1.807, 2.05) is 12.1 Å². The molecule has 0 aliphatic heterocycles. The van der Waals surface area contributed by atoms with Crippen LogP contribution in [0.5, 0.6) is 0 Å². The molecule has 0 amide bonds. The number of aromatic nitrogens is 1. The average molecular weight is 179 g/mol. The lowest BCUT2D eigenvalue weighted by atomic mass is 10.2. The summed E-state index contributed by atoms with van der Waals surface area (Å²) in [5.41, 5.74) is 7.31. The summed E-state index contributed by atoms with van der Waals surface area (Å²) in [7, 11) is 0. The first-order chi connectivity index (χ1) is 5.77. The number of benzene rings is 1. The molecule has 0 fully saturated rings. The van der Waals surface area contributed by atoms with Crippen molar-refractivity contribution in [3.63, 3.8) is 0 Å². The van der Waals surface area contributed by atoms with Crippen molar-refractivity contribution in [1.82, 2.24) is 4.98 Å². The maximum atomic E-state index is 5.81. The minimum Gasteiger partial charge on any atom is -0.398 e. The average Bonchev–Trinajstić information content (AvgIpc) is 2.07. The lowest BCUT2D eigenvalue weighted by Crippen LogP contribution is -1.87. The van der Waals surface area contributed by atoms with Crippen LogP contribution in [-0.4, -0.2) is 4.98 Å². The van der Waals surface area contributed by atoms with Crippen molar-refractivity contribution in [1.29, 1.82) is 0 Å². The molecule has 1 heterocycles. The number of hydrogen-bond acceptors (Lipinski definition) is 2. The second-order valence-corrected chi connectivity index (χ2v) is 3.00. The summed E-state index contributed by atoms with van der Waals surface area (Å²) in [4.78, 5) is 4.14. The lowest BCUT2D eigenvalue weighted by molar-refractivity contribution is 1.41. The van der Waals surface area contributed by atoms with Crippen molar-refractivity contribution >= 4 is 28.2 Å². The predicted octanol–water partition coefficient (Wildman–Crippen LogP) is 2.47. The highest BCUT2D eigenvalue weighted by Gasteiger charge is 1.97. The number of rotatable bonds is 0. The summed E-state index contributed by atoms with van der Waals surface area (Å²) in [6.45, 7) is 0. The van der Waals surface area contributed by atoms with Crippen molar-refractivity contribution < 1.29 is 0 Å². The van der Waals surface area contributed by atoms with Gasteiger partial charge in [-0.1, -0.05) is 11.6 Å².